The van der Waals surface area contributed by atoms with Crippen molar-refractivity contribution in [1.82, 2.24) is 0 Å². The third-order valence-corrected chi connectivity index (χ3v) is 2.92. The van der Waals surface area contributed by atoms with Gasteiger partial charge < -0.3 is 10.0 Å². The molecule has 2 N–H and O–H groups in total. The van der Waals surface area contributed by atoms with Crippen LogP contribution in [0.2, 0.25) is 0 Å². The molecule has 3 nitrogen and oxygen atoms in total. The maximum Gasteiger partial charge on any atom is 0.488 e. The van der Waals surface area contributed by atoms with Crippen LogP contribution in [0.4, 0.5) is 8.78 Å². The highest BCUT2D eigenvalue weighted by molar-refractivity contribution is 14.1. The fourth-order valence-electron chi connectivity index (χ4n) is 1.22. The summed E-state index contributed by atoms with van der Waals surface area (Å²) >= 11 is 1.92. The Balaban J connectivity index is 0.000000204. The van der Waals surface area contributed by atoms with E-state index < -0.39 is 18.8 Å². The molecule has 0 atom stereocenters. The van der Waals surface area contributed by atoms with Crippen molar-refractivity contribution in [3.63, 3.8) is 0 Å². The second-order valence-corrected chi connectivity index (χ2v) is 4.96. The largest absolute Gasteiger partial charge is 0.488 e. The van der Waals surface area contributed by atoms with Crippen LogP contribution in [0.15, 0.2) is 42.5 Å². The highest BCUT2D eigenvalue weighted by atomic mass is 127. The van der Waals surface area contributed by atoms with E-state index >= 15 is 0 Å². The summed E-state index contributed by atoms with van der Waals surface area (Å²) in [6.07, 6.45) is 0.702. The molecular weight excluding hydrogens is 380 g/mol. The Morgan fingerprint density at radius 3 is 2.00 bits per heavy atom. The summed E-state index contributed by atoms with van der Waals surface area (Å²) in [5.74, 6) is -1.59. The molecule has 7 heteroatoms. The van der Waals surface area contributed by atoms with Crippen molar-refractivity contribution in [2.75, 3.05) is 0 Å². The van der Waals surface area contributed by atoms with Gasteiger partial charge in [-0.15, -0.1) is 0 Å². The van der Waals surface area contributed by atoms with Crippen molar-refractivity contribution >= 4 is 41.5 Å². The van der Waals surface area contributed by atoms with Gasteiger partial charge in [-0.3, -0.25) is 4.79 Å². The maximum atomic E-state index is 12.2. The number of carbonyl (C=O) groups excluding carboxylic acids is 1. The van der Waals surface area contributed by atoms with Gasteiger partial charge in [0.05, 0.1) is 0 Å². The van der Waals surface area contributed by atoms with E-state index in [1.165, 1.54) is 30.3 Å². The van der Waals surface area contributed by atoms with Gasteiger partial charge in [-0.05, 0) is 46.3 Å². The van der Waals surface area contributed by atoms with Crippen molar-refractivity contribution in [3.8, 4) is 0 Å². The van der Waals surface area contributed by atoms with Gasteiger partial charge in [0.25, 0.3) is 0 Å². The summed E-state index contributed by atoms with van der Waals surface area (Å²) in [7, 11) is -1.46. The fourth-order valence-corrected chi connectivity index (χ4v) is 1.67. The van der Waals surface area contributed by atoms with E-state index in [9.17, 15) is 13.6 Å². The Kier molecular flexibility index (Phi) is 6.76. The second kappa shape index (κ2) is 8.08. The van der Waals surface area contributed by atoms with Gasteiger partial charge >= 0.3 is 7.12 Å². The van der Waals surface area contributed by atoms with Crippen LogP contribution in [0.5, 0.6) is 0 Å². The van der Waals surface area contributed by atoms with Gasteiger partial charge in [0, 0.05) is 9.13 Å². The molecule has 0 saturated heterocycles. The summed E-state index contributed by atoms with van der Waals surface area (Å²) in [5.41, 5.74) is 0.907. The summed E-state index contributed by atoms with van der Waals surface area (Å²) in [6.45, 7) is 0. The fraction of sp³-hybridized carbons (Fsp3) is 0. The second-order valence-electron chi connectivity index (χ2n) is 3.72. The molecule has 104 valence electrons. The van der Waals surface area contributed by atoms with Crippen LogP contribution in [-0.4, -0.2) is 23.5 Å². The minimum absolute atomic E-state index is 0.385. The van der Waals surface area contributed by atoms with Crippen molar-refractivity contribution in [1.29, 1.82) is 0 Å². The number of hydrogen-bond acceptors (Lipinski definition) is 3. The zero-order valence-electron chi connectivity index (χ0n) is 10.1. The van der Waals surface area contributed by atoms with Crippen molar-refractivity contribution in [2.24, 2.45) is 0 Å². The molecule has 0 aliphatic carbocycles. The summed E-state index contributed by atoms with van der Waals surface area (Å²) in [4.78, 5) is 10.2. The van der Waals surface area contributed by atoms with Crippen molar-refractivity contribution < 1.29 is 23.6 Å². The predicted octanol–water partition coefficient (Wildman–Crippen LogP) is 1.75. The topological polar surface area (TPSA) is 57.5 Å². The lowest BCUT2D eigenvalue weighted by Gasteiger charge is -1.97. The highest BCUT2D eigenvalue weighted by Crippen LogP contribution is 2.09. The molecule has 20 heavy (non-hydrogen) atoms. The van der Waals surface area contributed by atoms with E-state index in [0.717, 1.165) is 12.1 Å². The molecule has 2 aromatic rings. The molecule has 0 fully saturated rings. The zero-order chi connectivity index (χ0) is 15.1. The molecule has 0 amide bonds. The van der Waals surface area contributed by atoms with Crippen LogP contribution in [0, 0.1) is 15.2 Å². The number of carbonyl (C=O) groups is 1. The van der Waals surface area contributed by atoms with Gasteiger partial charge in [-0.25, -0.2) is 8.78 Å². The number of benzene rings is 2. The Bertz CT molecular complexity index is 576. The molecule has 0 heterocycles. The third kappa shape index (κ3) is 5.36. The maximum absolute atomic E-state index is 12.2. The van der Waals surface area contributed by atoms with Crippen LogP contribution >= 0.6 is 22.6 Å². The molecule has 2 rings (SSSR count). The average Bonchev–Trinajstić information content (AvgIpc) is 2.44. The van der Waals surface area contributed by atoms with E-state index in [0.29, 0.717) is 20.9 Å². The Hall–Kier alpha value is -1.32. The van der Waals surface area contributed by atoms with Crippen LogP contribution < -0.4 is 5.46 Å². The van der Waals surface area contributed by atoms with Gasteiger partial charge in [0.2, 0.25) is 0 Å². The van der Waals surface area contributed by atoms with Gasteiger partial charge in [-0.1, -0.05) is 24.3 Å². The molecule has 0 aliphatic heterocycles. The first kappa shape index (κ1) is 16.7. The molecule has 0 radical (unpaired) electrons. The molecular formula is C13H10BF2IO3. The van der Waals surface area contributed by atoms with E-state index in [1.807, 2.05) is 22.6 Å². The quantitative estimate of drug-likeness (QED) is 0.356. The first-order valence-corrected chi connectivity index (χ1v) is 6.53. The first-order chi connectivity index (χ1) is 9.43. The predicted molar refractivity (Wildman–Crippen MR) is 80.7 cm³/mol. The lowest BCUT2D eigenvalue weighted by molar-refractivity contribution is 0.112. The number of aldehydes is 1. The molecule has 0 bridgehead atoms. The van der Waals surface area contributed by atoms with Crippen molar-refractivity contribution in [2.45, 2.75) is 0 Å². The van der Waals surface area contributed by atoms with Crippen molar-refractivity contribution in [3.05, 3.63) is 63.2 Å². The Labute approximate surface area is 128 Å². The van der Waals surface area contributed by atoms with E-state index in [2.05, 4.69) is 0 Å². The summed E-state index contributed by atoms with van der Waals surface area (Å²) < 4.78 is 25.0. The molecule has 2 aromatic carbocycles. The summed E-state index contributed by atoms with van der Waals surface area (Å²) in [6, 6.07) is 9.82. The molecule has 0 aliphatic rings. The minimum Gasteiger partial charge on any atom is -0.423 e. The number of halogens is 3. The van der Waals surface area contributed by atoms with Crippen LogP contribution in [0.1, 0.15) is 10.4 Å². The lowest BCUT2D eigenvalue weighted by atomic mass is 9.80. The Morgan fingerprint density at radius 1 is 1.00 bits per heavy atom. The van der Waals surface area contributed by atoms with Crippen LogP contribution in [-0.2, 0) is 0 Å². The van der Waals surface area contributed by atoms with E-state index in [-0.39, 0.29) is 0 Å². The highest BCUT2D eigenvalue weighted by Gasteiger charge is 2.08. The standard InChI is InChI=1S/C7H7BO3.C6H3F2I/c9-5-6-1-3-7(4-2-6)8(10)11;7-5-2-1-4(9)3-6(5)8/h1-5,10-11H;1-3H. The minimum atomic E-state index is -1.46. The third-order valence-electron chi connectivity index (χ3n) is 2.25. The van der Waals surface area contributed by atoms with Crippen LogP contribution in [0.3, 0.4) is 0 Å². The Morgan fingerprint density at radius 2 is 1.60 bits per heavy atom. The molecule has 0 saturated carbocycles. The smallest absolute Gasteiger partial charge is 0.423 e. The first-order valence-electron chi connectivity index (χ1n) is 5.46. The molecule has 0 unspecified atom stereocenters. The lowest BCUT2D eigenvalue weighted by Crippen LogP contribution is -2.29. The van der Waals surface area contributed by atoms with Crippen LogP contribution in [0.25, 0.3) is 0 Å². The SMILES string of the molecule is Fc1ccc(I)cc1F.O=Cc1ccc(B(O)O)cc1. The molecule has 0 spiro atoms. The van der Waals surface area contributed by atoms with Gasteiger partial charge in [0.15, 0.2) is 11.6 Å². The monoisotopic (exact) mass is 390 g/mol. The normalized spacial score (nSPS) is 9.45. The average molecular weight is 390 g/mol. The number of rotatable bonds is 2. The summed E-state index contributed by atoms with van der Waals surface area (Å²) in [5, 5.41) is 17.3. The van der Waals surface area contributed by atoms with E-state index in [1.54, 1.807) is 0 Å². The number of hydrogen-bond donors (Lipinski definition) is 2. The van der Waals surface area contributed by atoms with Gasteiger partial charge in [-0.2, -0.15) is 0 Å². The zero-order valence-corrected chi connectivity index (χ0v) is 12.3. The van der Waals surface area contributed by atoms with E-state index in [4.69, 9.17) is 10.0 Å². The van der Waals surface area contributed by atoms with Gasteiger partial charge in [0.1, 0.15) is 6.29 Å². The molecule has 0 aromatic heterocycles.